The Bertz CT molecular complexity index is 253. The van der Waals surface area contributed by atoms with E-state index >= 15 is 0 Å². The summed E-state index contributed by atoms with van der Waals surface area (Å²) in [5.74, 6) is 0.219. The van der Waals surface area contributed by atoms with Gasteiger partial charge in [0.2, 0.25) is 11.8 Å². The molecule has 1 unspecified atom stereocenters. The summed E-state index contributed by atoms with van der Waals surface area (Å²) in [6.07, 6.45) is 1.03. The summed E-state index contributed by atoms with van der Waals surface area (Å²) in [5.41, 5.74) is 5.71. The highest BCUT2D eigenvalue weighted by Crippen LogP contribution is 2.04. The zero-order valence-electron chi connectivity index (χ0n) is 9.25. The van der Waals surface area contributed by atoms with Crippen LogP contribution in [-0.2, 0) is 9.59 Å². The monoisotopic (exact) mass is 213 g/mol. The van der Waals surface area contributed by atoms with Gasteiger partial charge in [0.25, 0.3) is 0 Å². The maximum absolute atomic E-state index is 11.6. The van der Waals surface area contributed by atoms with Crippen LogP contribution in [0.2, 0.25) is 0 Å². The fourth-order valence-corrected chi connectivity index (χ4v) is 1.63. The van der Waals surface area contributed by atoms with E-state index in [0.29, 0.717) is 25.3 Å². The van der Waals surface area contributed by atoms with Crippen molar-refractivity contribution >= 4 is 11.8 Å². The second-order valence-electron chi connectivity index (χ2n) is 4.45. The topological polar surface area (TPSA) is 84.2 Å². The molecular weight excluding hydrogens is 194 g/mol. The van der Waals surface area contributed by atoms with Crippen molar-refractivity contribution in [2.24, 2.45) is 11.7 Å². The second-order valence-corrected chi connectivity index (χ2v) is 4.45. The van der Waals surface area contributed by atoms with E-state index in [9.17, 15) is 9.59 Å². The molecule has 5 heteroatoms. The summed E-state index contributed by atoms with van der Waals surface area (Å²) in [6, 6.07) is -0.566. The van der Waals surface area contributed by atoms with Crippen molar-refractivity contribution in [2.45, 2.75) is 38.8 Å². The van der Waals surface area contributed by atoms with Crippen molar-refractivity contribution in [3.05, 3.63) is 0 Å². The Morgan fingerprint density at radius 2 is 2.33 bits per heavy atom. The van der Waals surface area contributed by atoms with Crippen molar-refractivity contribution in [1.82, 2.24) is 10.6 Å². The molecule has 1 aliphatic heterocycles. The molecular formula is C10H19N3O2. The van der Waals surface area contributed by atoms with Crippen LogP contribution in [0.4, 0.5) is 0 Å². The molecule has 2 amide bonds. The Morgan fingerprint density at radius 1 is 1.67 bits per heavy atom. The highest BCUT2D eigenvalue weighted by molar-refractivity contribution is 5.84. The minimum absolute atomic E-state index is 0.0160. The highest BCUT2D eigenvalue weighted by Gasteiger charge is 2.25. The molecule has 1 saturated heterocycles. The summed E-state index contributed by atoms with van der Waals surface area (Å²) < 4.78 is 0. The Kier molecular flexibility index (Phi) is 4.08. The molecule has 0 spiro atoms. The normalized spacial score (nSPS) is 22.7. The number of nitrogens with two attached hydrogens (primary N) is 1. The molecule has 0 aromatic heterocycles. The summed E-state index contributed by atoms with van der Waals surface area (Å²) in [7, 11) is 0. The number of hydrogen-bond acceptors (Lipinski definition) is 3. The lowest BCUT2D eigenvalue weighted by Gasteiger charge is -2.16. The standard InChI is InChI=1S/C10H19N3O2/c1-6(2)3-8(11)10(15)13-7-4-9(14)12-5-7/h6-8H,3-5,11H2,1-2H3,(H,12,14)(H,13,15)/t7?,8-/m0/s1. The minimum atomic E-state index is -0.472. The summed E-state index contributed by atoms with van der Waals surface area (Å²) in [5, 5.41) is 5.43. The van der Waals surface area contributed by atoms with Crippen molar-refractivity contribution < 1.29 is 9.59 Å². The van der Waals surface area contributed by atoms with Crippen LogP contribution in [0.25, 0.3) is 0 Å². The Balaban J connectivity index is 2.31. The van der Waals surface area contributed by atoms with Crippen LogP contribution < -0.4 is 16.4 Å². The van der Waals surface area contributed by atoms with Crippen LogP contribution in [0, 0.1) is 5.92 Å². The lowest BCUT2D eigenvalue weighted by Crippen LogP contribution is -2.46. The summed E-state index contributed by atoms with van der Waals surface area (Å²) in [6.45, 7) is 4.56. The molecule has 0 bridgehead atoms. The molecule has 2 atom stereocenters. The molecule has 1 rings (SSSR count). The average molecular weight is 213 g/mol. The van der Waals surface area contributed by atoms with E-state index in [1.807, 2.05) is 13.8 Å². The molecule has 1 aliphatic rings. The third-order valence-electron chi connectivity index (χ3n) is 2.39. The summed E-state index contributed by atoms with van der Waals surface area (Å²) in [4.78, 5) is 22.5. The molecule has 5 nitrogen and oxygen atoms in total. The van der Waals surface area contributed by atoms with Gasteiger partial charge in [-0.15, -0.1) is 0 Å². The van der Waals surface area contributed by atoms with E-state index < -0.39 is 6.04 Å². The number of nitrogens with one attached hydrogen (secondary N) is 2. The molecule has 0 aromatic carbocycles. The number of hydrogen-bond donors (Lipinski definition) is 3. The average Bonchev–Trinajstić information content (AvgIpc) is 2.50. The molecule has 0 saturated carbocycles. The van der Waals surface area contributed by atoms with Gasteiger partial charge < -0.3 is 16.4 Å². The number of carbonyl (C=O) groups is 2. The Morgan fingerprint density at radius 3 is 2.80 bits per heavy atom. The van der Waals surface area contributed by atoms with Gasteiger partial charge in [0.15, 0.2) is 0 Å². The van der Waals surface area contributed by atoms with Gasteiger partial charge in [-0.3, -0.25) is 9.59 Å². The van der Waals surface area contributed by atoms with Crippen molar-refractivity contribution in [3.63, 3.8) is 0 Å². The molecule has 1 fully saturated rings. The van der Waals surface area contributed by atoms with Gasteiger partial charge in [0.05, 0.1) is 12.1 Å². The molecule has 1 heterocycles. The van der Waals surface area contributed by atoms with Crippen LogP contribution in [0.1, 0.15) is 26.7 Å². The third kappa shape index (κ3) is 3.87. The molecule has 0 aliphatic carbocycles. The van der Waals surface area contributed by atoms with Crippen LogP contribution in [0.5, 0.6) is 0 Å². The molecule has 15 heavy (non-hydrogen) atoms. The van der Waals surface area contributed by atoms with E-state index in [4.69, 9.17) is 5.73 Å². The lowest BCUT2D eigenvalue weighted by molar-refractivity contribution is -0.123. The van der Waals surface area contributed by atoms with Crippen molar-refractivity contribution in [2.75, 3.05) is 6.54 Å². The van der Waals surface area contributed by atoms with Gasteiger partial charge in [0, 0.05) is 13.0 Å². The van der Waals surface area contributed by atoms with E-state index in [1.165, 1.54) is 0 Å². The zero-order valence-corrected chi connectivity index (χ0v) is 9.25. The Labute approximate surface area is 89.8 Å². The van der Waals surface area contributed by atoms with Gasteiger partial charge in [-0.05, 0) is 12.3 Å². The van der Waals surface area contributed by atoms with E-state index in [2.05, 4.69) is 10.6 Å². The fourth-order valence-electron chi connectivity index (χ4n) is 1.63. The maximum Gasteiger partial charge on any atom is 0.237 e. The predicted octanol–water partition coefficient (Wildman–Crippen LogP) is -0.635. The highest BCUT2D eigenvalue weighted by atomic mass is 16.2. The minimum Gasteiger partial charge on any atom is -0.354 e. The van der Waals surface area contributed by atoms with Gasteiger partial charge >= 0.3 is 0 Å². The van der Waals surface area contributed by atoms with Gasteiger partial charge in [0.1, 0.15) is 0 Å². The maximum atomic E-state index is 11.6. The van der Waals surface area contributed by atoms with E-state index in [0.717, 1.165) is 0 Å². The van der Waals surface area contributed by atoms with Gasteiger partial charge in [-0.2, -0.15) is 0 Å². The third-order valence-corrected chi connectivity index (χ3v) is 2.39. The lowest BCUT2D eigenvalue weighted by atomic mass is 10.0. The number of carbonyl (C=O) groups excluding carboxylic acids is 2. The van der Waals surface area contributed by atoms with E-state index in [1.54, 1.807) is 0 Å². The second kappa shape index (κ2) is 5.11. The molecule has 86 valence electrons. The quantitative estimate of drug-likeness (QED) is 0.581. The Hall–Kier alpha value is -1.10. The first-order valence-electron chi connectivity index (χ1n) is 5.31. The first-order valence-corrected chi connectivity index (χ1v) is 5.31. The van der Waals surface area contributed by atoms with Crippen molar-refractivity contribution in [1.29, 1.82) is 0 Å². The largest absolute Gasteiger partial charge is 0.354 e. The molecule has 0 radical (unpaired) electrons. The van der Waals surface area contributed by atoms with Gasteiger partial charge in [-0.1, -0.05) is 13.8 Å². The van der Waals surface area contributed by atoms with Crippen LogP contribution >= 0.6 is 0 Å². The SMILES string of the molecule is CC(C)C[C@H](N)C(=O)NC1CNC(=O)C1. The van der Waals surface area contributed by atoms with Crippen LogP contribution in [0.15, 0.2) is 0 Å². The predicted molar refractivity (Wildman–Crippen MR) is 57.0 cm³/mol. The van der Waals surface area contributed by atoms with E-state index in [-0.39, 0.29) is 17.9 Å². The smallest absolute Gasteiger partial charge is 0.237 e. The van der Waals surface area contributed by atoms with Gasteiger partial charge in [-0.25, -0.2) is 0 Å². The molecule has 0 aromatic rings. The summed E-state index contributed by atoms with van der Waals surface area (Å²) >= 11 is 0. The number of amides is 2. The van der Waals surface area contributed by atoms with Crippen LogP contribution in [0.3, 0.4) is 0 Å². The fraction of sp³-hybridized carbons (Fsp3) is 0.800. The first kappa shape index (κ1) is 12.0. The zero-order chi connectivity index (χ0) is 11.4. The molecule has 4 N–H and O–H groups in total. The number of rotatable bonds is 4. The van der Waals surface area contributed by atoms with Crippen LogP contribution in [-0.4, -0.2) is 30.4 Å². The first-order chi connectivity index (χ1) is 6.99. The van der Waals surface area contributed by atoms with Crippen molar-refractivity contribution in [3.8, 4) is 0 Å².